The highest BCUT2D eigenvalue weighted by atomic mass is 19.1. The summed E-state index contributed by atoms with van der Waals surface area (Å²) in [5, 5.41) is 13.0. The summed E-state index contributed by atoms with van der Waals surface area (Å²) in [5.41, 5.74) is 2.13. The number of nitrogens with one attached hydrogen (secondary N) is 3. The molecule has 1 fully saturated rings. The van der Waals surface area contributed by atoms with Crippen molar-refractivity contribution in [3.8, 4) is 5.88 Å². The van der Waals surface area contributed by atoms with Gasteiger partial charge in [0.1, 0.15) is 17.9 Å². The molecule has 1 aliphatic rings. The van der Waals surface area contributed by atoms with E-state index in [0.717, 1.165) is 11.4 Å². The molecule has 3 aromatic heterocycles. The van der Waals surface area contributed by atoms with Crippen molar-refractivity contribution in [1.82, 2.24) is 29.9 Å². The fourth-order valence-corrected chi connectivity index (χ4v) is 3.88. The Hall–Kier alpha value is -3.41. The van der Waals surface area contributed by atoms with Crippen LogP contribution in [0.25, 0.3) is 5.65 Å². The topological polar surface area (TPSA) is 128 Å². The van der Waals surface area contributed by atoms with Gasteiger partial charge in [0.25, 0.3) is 0 Å². The lowest BCUT2D eigenvalue weighted by Gasteiger charge is -2.16. The Morgan fingerprint density at radius 1 is 1.30 bits per heavy atom. The highest BCUT2D eigenvalue weighted by Crippen LogP contribution is 2.38. The van der Waals surface area contributed by atoms with Crippen LogP contribution in [0.2, 0.25) is 0 Å². The van der Waals surface area contributed by atoms with Crippen LogP contribution in [0.15, 0.2) is 18.3 Å². The van der Waals surface area contributed by atoms with Crippen molar-refractivity contribution in [3.63, 3.8) is 0 Å². The lowest BCUT2D eigenvalue weighted by molar-refractivity contribution is 0.0593. The predicted octanol–water partition coefficient (Wildman–Crippen LogP) is 3.07. The summed E-state index contributed by atoms with van der Waals surface area (Å²) in [6.45, 7) is 4.00. The first-order valence-corrected chi connectivity index (χ1v) is 10.7. The fourth-order valence-electron chi connectivity index (χ4n) is 3.88. The highest BCUT2D eigenvalue weighted by molar-refractivity contribution is 5.67. The van der Waals surface area contributed by atoms with E-state index in [2.05, 4.69) is 30.8 Å². The maximum absolute atomic E-state index is 14.5. The number of anilines is 2. The van der Waals surface area contributed by atoms with Crippen LogP contribution in [0.4, 0.5) is 21.0 Å². The number of aromatic nitrogens is 5. The van der Waals surface area contributed by atoms with E-state index in [1.165, 1.54) is 7.11 Å². The van der Waals surface area contributed by atoms with Gasteiger partial charge >= 0.3 is 6.09 Å². The van der Waals surface area contributed by atoms with Crippen molar-refractivity contribution < 1.29 is 23.4 Å². The molecule has 3 aromatic rings. The maximum atomic E-state index is 14.5. The van der Waals surface area contributed by atoms with Crippen molar-refractivity contribution in [1.29, 1.82) is 0 Å². The molecule has 3 N–H and O–H groups in total. The minimum Gasteiger partial charge on any atom is -0.481 e. The van der Waals surface area contributed by atoms with E-state index in [1.807, 2.05) is 20.0 Å². The van der Waals surface area contributed by atoms with E-state index in [-0.39, 0.29) is 18.4 Å². The van der Waals surface area contributed by atoms with Crippen LogP contribution in [0.5, 0.6) is 5.88 Å². The Kier molecular flexibility index (Phi) is 6.63. The molecule has 178 valence electrons. The number of rotatable bonds is 8. The molecule has 0 spiro atoms. The quantitative estimate of drug-likeness (QED) is 0.467. The standard InChI is InChI=1S/C21H28FN7O4/c1-11(2)23-21(30)33-16-6-12(5-14(16)22)15-7-17(28-27-15)25-20-26-19(32-4)8-18-24-13(10-31-3)9-29(18)20/h7-9,11-12,14,16H,5-6,10H2,1-4H3,(H,23,30)(H2,25,26,27,28)/t12-,14+,16-/m0/s1. The Morgan fingerprint density at radius 2 is 2.12 bits per heavy atom. The summed E-state index contributed by atoms with van der Waals surface area (Å²) < 4.78 is 32.0. The fraction of sp³-hybridized carbons (Fsp3) is 0.524. The summed E-state index contributed by atoms with van der Waals surface area (Å²) in [6, 6.07) is 3.44. The number of methoxy groups -OCH3 is 2. The first-order chi connectivity index (χ1) is 15.9. The van der Waals surface area contributed by atoms with Crippen LogP contribution in [-0.4, -0.2) is 63.2 Å². The molecule has 4 rings (SSSR count). The first kappa shape index (κ1) is 22.8. The van der Waals surface area contributed by atoms with Gasteiger partial charge in [0.15, 0.2) is 5.82 Å². The minimum atomic E-state index is -1.24. The summed E-state index contributed by atoms with van der Waals surface area (Å²) in [5.74, 6) is 1.20. The van der Waals surface area contributed by atoms with Crippen LogP contribution in [0.3, 0.4) is 0 Å². The Morgan fingerprint density at radius 3 is 2.85 bits per heavy atom. The third-order valence-electron chi connectivity index (χ3n) is 5.35. The van der Waals surface area contributed by atoms with Gasteiger partial charge in [-0.15, -0.1) is 0 Å². The van der Waals surface area contributed by atoms with E-state index in [1.54, 1.807) is 23.6 Å². The lowest BCUT2D eigenvalue weighted by Crippen LogP contribution is -2.35. The molecule has 1 saturated carbocycles. The van der Waals surface area contributed by atoms with Crippen LogP contribution >= 0.6 is 0 Å². The third-order valence-corrected chi connectivity index (χ3v) is 5.35. The molecule has 0 bridgehead atoms. The number of amides is 1. The Bertz CT molecular complexity index is 1120. The number of ether oxygens (including phenoxy) is 3. The number of carbonyl (C=O) groups is 1. The van der Waals surface area contributed by atoms with Gasteiger partial charge in [0.2, 0.25) is 11.8 Å². The molecule has 12 heteroatoms. The summed E-state index contributed by atoms with van der Waals surface area (Å²) in [6.07, 6.45) is -0.208. The van der Waals surface area contributed by atoms with Crippen molar-refractivity contribution >= 4 is 23.5 Å². The van der Waals surface area contributed by atoms with Crippen molar-refractivity contribution in [2.24, 2.45) is 0 Å². The Balaban J connectivity index is 1.48. The molecule has 0 unspecified atom stereocenters. The van der Waals surface area contributed by atoms with Crippen LogP contribution < -0.4 is 15.4 Å². The normalized spacial score (nSPS) is 20.4. The number of alkyl halides is 1. The van der Waals surface area contributed by atoms with Gasteiger partial charge in [-0.05, 0) is 26.7 Å². The molecule has 0 aliphatic heterocycles. The summed E-state index contributed by atoms with van der Waals surface area (Å²) >= 11 is 0. The molecule has 33 heavy (non-hydrogen) atoms. The minimum absolute atomic E-state index is 0.0771. The van der Waals surface area contributed by atoms with E-state index in [9.17, 15) is 9.18 Å². The van der Waals surface area contributed by atoms with Gasteiger partial charge in [0.05, 0.1) is 19.4 Å². The smallest absolute Gasteiger partial charge is 0.407 e. The largest absolute Gasteiger partial charge is 0.481 e. The van der Waals surface area contributed by atoms with Crippen molar-refractivity contribution in [2.45, 2.75) is 57.5 Å². The second-order valence-corrected chi connectivity index (χ2v) is 8.28. The van der Waals surface area contributed by atoms with E-state index < -0.39 is 18.4 Å². The number of H-pyrrole nitrogens is 1. The number of alkyl carbamates (subject to hydrolysis) is 1. The molecule has 1 amide bonds. The van der Waals surface area contributed by atoms with Gasteiger partial charge in [-0.2, -0.15) is 10.1 Å². The van der Waals surface area contributed by atoms with Gasteiger partial charge in [-0.1, -0.05) is 0 Å². The molecule has 0 radical (unpaired) electrons. The van der Waals surface area contributed by atoms with Gasteiger partial charge in [-0.25, -0.2) is 14.2 Å². The molecule has 1 aliphatic carbocycles. The third kappa shape index (κ3) is 5.16. The van der Waals surface area contributed by atoms with Crippen molar-refractivity contribution in [3.05, 3.63) is 29.7 Å². The highest BCUT2D eigenvalue weighted by Gasteiger charge is 2.38. The number of carbonyl (C=O) groups excluding carboxylic acids is 1. The van der Waals surface area contributed by atoms with Crippen molar-refractivity contribution in [2.75, 3.05) is 19.5 Å². The molecular weight excluding hydrogens is 433 g/mol. The van der Waals surface area contributed by atoms with E-state index in [0.29, 0.717) is 36.3 Å². The zero-order chi connectivity index (χ0) is 23.5. The lowest BCUT2D eigenvalue weighted by atomic mass is 10.0. The maximum Gasteiger partial charge on any atom is 0.407 e. The number of aromatic amines is 1. The van der Waals surface area contributed by atoms with E-state index in [4.69, 9.17) is 14.2 Å². The second-order valence-electron chi connectivity index (χ2n) is 8.28. The SMILES string of the molecule is COCc1cn2c(Nc3cc([C@H]4C[C@@H](F)[C@@H](OC(=O)NC(C)C)C4)[nH]n3)nc(OC)cc2n1. The van der Waals surface area contributed by atoms with Crippen LogP contribution in [0.1, 0.15) is 44.0 Å². The van der Waals surface area contributed by atoms with E-state index >= 15 is 0 Å². The molecule has 11 nitrogen and oxygen atoms in total. The Labute approximate surface area is 190 Å². The summed E-state index contributed by atoms with van der Waals surface area (Å²) in [7, 11) is 3.13. The number of fused-ring (bicyclic) bond motifs is 1. The van der Waals surface area contributed by atoms with Crippen LogP contribution in [-0.2, 0) is 16.1 Å². The number of hydrogen-bond donors (Lipinski definition) is 3. The summed E-state index contributed by atoms with van der Waals surface area (Å²) in [4.78, 5) is 20.8. The predicted molar refractivity (Wildman–Crippen MR) is 118 cm³/mol. The number of imidazole rings is 1. The molecule has 3 heterocycles. The average Bonchev–Trinajstić information content (AvgIpc) is 3.46. The molecular formula is C21H28FN7O4. The number of hydrogen-bond acceptors (Lipinski definition) is 8. The number of nitrogens with zero attached hydrogens (tertiary/aromatic N) is 4. The van der Waals surface area contributed by atoms with Gasteiger partial charge < -0.3 is 24.8 Å². The van der Waals surface area contributed by atoms with Gasteiger partial charge in [0, 0.05) is 43.1 Å². The average molecular weight is 461 g/mol. The second kappa shape index (κ2) is 9.61. The zero-order valence-corrected chi connectivity index (χ0v) is 19.0. The van der Waals surface area contributed by atoms with Gasteiger partial charge in [-0.3, -0.25) is 9.50 Å². The molecule has 0 saturated heterocycles. The number of halogens is 1. The molecule has 3 atom stereocenters. The van der Waals surface area contributed by atoms with Crippen LogP contribution in [0, 0.1) is 0 Å². The monoisotopic (exact) mass is 461 g/mol. The zero-order valence-electron chi connectivity index (χ0n) is 19.0. The first-order valence-electron chi connectivity index (χ1n) is 10.7. The molecule has 0 aromatic carbocycles.